The van der Waals surface area contributed by atoms with E-state index in [1.54, 1.807) is 0 Å². The van der Waals surface area contributed by atoms with Crippen molar-refractivity contribution in [3.8, 4) is 0 Å². The quantitative estimate of drug-likeness (QED) is 0.824. The van der Waals surface area contributed by atoms with E-state index < -0.39 is 23.5 Å². The van der Waals surface area contributed by atoms with Gasteiger partial charge in [-0.2, -0.15) is 13.2 Å². The van der Waals surface area contributed by atoms with E-state index in [2.05, 4.69) is 10.3 Å². The van der Waals surface area contributed by atoms with Crippen LogP contribution >= 0.6 is 0 Å². The summed E-state index contributed by atoms with van der Waals surface area (Å²) in [5.41, 5.74) is 4.15. The minimum absolute atomic E-state index is 0.0173. The Hall–Kier alpha value is -2.42. The van der Waals surface area contributed by atoms with Gasteiger partial charge in [0.1, 0.15) is 12.1 Å². The fraction of sp³-hybridized carbons (Fsp3) is 0.286. The summed E-state index contributed by atoms with van der Waals surface area (Å²) in [7, 11) is 0. The summed E-state index contributed by atoms with van der Waals surface area (Å²) >= 11 is 0. The van der Waals surface area contributed by atoms with E-state index in [4.69, 9.17) is 10.2 Å². The van der Waals surface area contributed by atoms with Crippen molar-refractivity contribution in [2.24, 2.45) is 5.73 Å². The van der Waals surface area contributed by atoms with Crippen LogP contribution in [0.2, 0.25) is 0 Å². The third-order valence-corrected chi connectivity index (χ3v) is 2.88. The van der Waals surface area contributed by atoms with Crippen molar-refractivity contribution >= 4 is 5.91 Å². The first-order valence-electron chi connectivity index (χ1n) is 6.59. The molecule has 9 heteroatoms. The summed E-state index contributed by atoms with van der Waals surface area (Å²) in [4.78, 5) is 15.7. The van der Waals surface area contributed by atoms with Gasteiger partial charge in [-0.3, -0.25) is 4.79 Å². The number of nitrogens with two attached hydrogens (primary N) is 1. The van der Waals surface area contributed by atoms with Crippen molar-refractivity contribution < 1.29 is 26.8 Å². The first kappa shape index (κ1) is 16.9. The smallest absolute Gasteiger partial charge is 0.416 e. The summed E-state index contributed by atoms with van der Waals surface area (Å²) in [5, 5.41) is 2.35. The summed E-state index contributed by atoms with van der Waals surface area (Å²) in [5.74, 6) is -1.40. The summed E-state index contributed by atoms with van der Waals surface area (Å²) in [6, 6.07) is 2.08. The number of amides is 1. The van der Waals surface area contributed by atoms with Gasteiger partial charge in [-0.05, 0) is 23.8 Å². The zero-order chi connectivity index (χ0) is 17.0. The minimum Gasteiger partial charge on any atom is -0.448 e. The highest BCUT2D eigenvalue weighted by atomic mass is 19.4. The number of halogens is 4. The van der Waals surface area contributed by atoms with E-state index >= 15 is 0 Å². The number of nitrogens with zero attached hydrogens (tertiary/aromatic N) is 1. The Morgan fingerprint density at radius 3 is 2.70 bits per heavy atom. The van der Waals surface area contributed by atoms with Crippen LogP contribution in [0.3, 0.4) is 0 Å². The topological polar surface area (TPSA) is 81.1 Å². The van der Waals surface area contributed by atoms with Gasteiger partial charge in [-0.15, -0.1) is 0 Å². The molecule has 1 aromatic carbocycles. The molecule has 124 valence electrons. The average Bonchev–Trinajstić information content (AvgIpc) is 2.92. The molecule has 0 atom stereocenters. The van der Waals surface area contributed by atoms with E-state index in [1.165, 1.54) is 0 Å². The zero-order valence-electron chi connectivity index (χ0n) is 11.8. The fourth-order valence-electron chi connectivity index (χ4n) is 1.84. The summed E-state index contributed by atoms with van der Waals surface area (Å²) in [6.07, 6.45) is -3.19. The molecule has 2 aromatic rings. The largest absolute Gasteiger partial charge is 0.448 e. The van der Waals surface area contributed by atoms with Gasteiger partial charge >= 0.3 is 6.18 Å². The highest BCUT2D eigenvalue weighted by Crippen LogP contribution is 2.30. The van der Waals surface area contributed by atoms with E-state index in [0.717, 1.165) is 18.4 Å². The molecule has 0 saturated carbocycles. The molecule has 1 aromatic heterocycles. The number of aromatic nitrogens is 1. The van der Waals surface area contributed by atoms with E-state index in [9.17, 15) is 22.4 Å². The van der Waals surface area contributed by atoms with Gasteiger partial charge in [0.15, 0.2) is 11.6 Å². The lowest BCUT2D eigenvalue weighted by Crippen LogP contribution is -2.23. The second kappa shape index (κ2) is 6.78. The second-order valence-corrected chi connectivity index (χ2v) is 4.69. The zero-order valence-corrected chi connectivity index (χ0v) is 11.8. The number of carbonyl (C=O) groups is 1. The van der Waals surface area contributed by atoms with Crippen LogP contribution in [0.5, 0.6) is 0 Å². The molecule has 5 nitrogen and oxygen atoms in total. The van der Waals surface area contributed by atoms with Crippen LogP contribution in [0.1, 0.15) is 27.5 Å². The van der Waals surface area contributed by atoms with Crippen LogP contribution in [-0.2, 0) is 19.1 Å². The first-order valence-corrected chi connectivity index (χ1v) is 6.59. The minimum atomic E-state index is -4.66. The number of carbonyl (C=O) groups excluding carboxylic acids is 1. The highest BCUT2D eigenvalue weighted by molar-refractivity contribution is 5.91. The Morgan fingerprint density at radius 1 is 1.30 bits per heavy atom. The average molecular weight is 331 g/mol. The van der Waals surface area contributed by atoms with Crippen molar-refractivity contribution in [1.29, 1.82) is 0 Å². The van der Waals surface area contributed by atoms with E-state index in [-0.39, 0.29) is 23.7 Å². The number of benzene rings is 1. The van der Waals surface area contributed by atoms with Gasteiger partial charge < -0.3 is 15.5 Å². The van der Waals surface area contributed by atoms with Crippen molar-refractivity contribution in [2.45, 2.75) is 19.1 Å². The van der Waals surface area contributed by atoms with Gasteiger partial charge in [0.2, 0.25) is 0 Å². The lowest BCUT2D eigenvalue weighted by Gasteiger charge is -2.10. The molecule has 3 N–H and O–H groups in total. The predicted octanol–water partition coefficient (Wildman–Crippen LogP) is 2.26. The normalized spacial score (nSPS) is 11.5. The van der Waals surface area contributed by atoms with Crippen LogP contribution in [0.4, 0.5) is 17.6 Å². The number of oxazole rings is 1. The first-order chi connectivity index (χ1) is 10.8. The summed E-state index contributed by atoms with van der Waals surface area (Å²) < 4.78 is 56.0. The van der Waals surface area contributed by atoms with Crippen molar-refractivity contribution in [3.05, 3.63) is 53.0 Å². The monoisotopic (exact) mass is 331 g/mol. The summed E-state index contributed by atoms with van der Waals surface area (Å²) in [6.45, 7) is 0.0177. The maximum absolute atomic E-state index is 13.2. The molecular weight excluding hydrogens is 318 g/mol. The molecule has 0 spiro atoms. The third kappa shape index (κ3) is 4.52. The molecule has 0 unspecified atom stereocenters. The lowest BCUT2D eigenvalue weighted by molar-refractivity contribution is -0.137. The Kier molecular flexibility index (Phi) is 4.99. The van der Waals surface area contributed by atoms with E-state index in [1.807, 2.05) is 0 Å². The van der Waals surface area contributed by atoms with Crippen LogP contribution in [-0.4, -0.2) is 17.4 Å². The molecule has 0 aliphatic heterocycles. The molecule has 0 bridgehead atoms. The molecule has 0 radical (unpaired) electrons. The van der Waals surface area contributed by atoms with Crippen molar-refractivity contribution in [1.82, 2.24) is 10.3 Å². The molecule has 0 fully saturated rings. The highest BCUT2D eigenvalue weighted by Gasteiger charge is 2.31. The van der Waals surface area contributed by atoms with Crippen molar-refractivity contribution in [2.75, 3.05) is 6.54 Å². The second-order valence-electron chi connectivity index (χ2n) is 4.69. The Morgan fingerprint density at radius 2 is 2.04 bits per heavy atom. The molecular formula is C14H13F4N3O2. The Labute approximate surface area is 128 Å². The van der Waals surface area contributed by atoms with Crippen LogP contribution in [0, 0.1) is 5.82 Å². The van der Waals surface area contributed by atoms with Crippen LogP contribution < -0.4 is 11.1 Å². The third-order valence-electron chi connectivity index (χ3n) is 2.88. The molecule has 2 rings (SSSR count). The molecule has 0 saturated heterocycles. The standard InChI is InChI=1S/C14H13F4N3O2/c15-10-4-8(3-9(5-10)14(16,17)18)6-20-13(22)11-7-23-12(21-11)1-2-19/h3-5,7H,1-2,6,19H2,(H,20,22). The molecule has 1 amide bonds. The Balaban J connectivity index is 2.05. The SMILES string of the molecule is NCCc1nc(C(=O)NCc2cc(F)cc(C(F)(F)F)c2)co1. The predicted molar refractivity (Wildman–Crippen MR) is 71.8 cm³/mol. The number of alkyl halides is 3. The fourth-order valence-corrected chi connectivity index (χ4v) is 1.84. The number of rotatable bonds is 5. The van der Waals surface area contributed by atoms with Gasteiger partial charge in [-0.1, -0.05) is 0 Å². The number of hydrogen-bond acceptors (Lipinski definition) is 4. The number of nitrogens with one attached hydrogen (secondary N) is 1. The molecule has 0 aliphatic carbocycles. The van der Waals surface area contributed by atoms with Crippen molar-refractivity contribution in [3.63, 3.8) is 0 Å². The lowest BCUT2D eigenvalue weighted by atomic mass is 10.1. The van der Waals surface area contributed by atoms with Crippen LogP contribution in [0.25, 0.3) is 0 Å². The van der Waals surface area contributed by atoms with E-state index in [0.29, 0.717) is 19.0 Å². The van der Waals surface area contributed by atoms with Crippen LogP contribution in [0.15, 0.2) is 28.9 Å². The maximum Gasteiger partial charge on any atom is 0.416 e. The molecule has 0 aliphatic rings. The van der Waals surface area contributed by atoms with Gasteiger partial charge in [0.25, 0.3) is 5.91 Å². The molecule has 1 heterocycles. The van der Waals surface area contributed by atoms with Gasteiger partial charge in [0.05, 0.1) is 5.56 Å². The number of hydrogen-bond donors (Lipinski definition) is 2. The Bertz CT molecular complexity index is 698. The van der Waals surface area contributed by atoms with Gasteiger partial charge in [0, 0.05) is 19.5 Å². The molecule has 23 heavy (non-hydrogen) atoms. The maximum atomic E-state index is 13.2. The van der Waals surface area contributed by atoms with Gasteiger partial charge in [-0.25, -0.2) is 9.37 Å².